The van der Waals surface area contributed by atoms with Crippen LogP contribution >= 0.6 is 23.2 Å². The van der Waals surface area contributed by atoms with E-state index in [1.54, 1.807) is 0 Å². The van der Waals surface area contributed by atoms with Crippen LogP contribution in [-0.4, -0.2) is 6.03 Å². The fraction of sp³-hybridized carbons (Fsp3) is 0.133. The van der Waals surface area contributed by atoms with Crippen LogP contribution in [0.3, 0.4) is 0 Å². The Bertz CT molecular complexity index is 804. The van der Waals surface area contributed by atoms with Crippen LogP contribution in [0.1, 0.15) is 11.1 Å². The Morgan fingerprint density at radius 3 is 1.81 bits per heavy atom. The molecule has 0 atom stereocenters. The summed E-state index contributed by atoms with van der Waals surface area (Å²) >= 11 is 11.5. The first-order valence-corrected chi connectivity index (χ1v) is 7.44. The molecular formula is C15H8Cl2F6N2O. The molecule has 0 aromatic heterocycles. The predicted octanol–water partition coefficient (Wildman–Crippen LogP) is 6.68. The average molecular weight is 417 g/mol. The summed E-state index contributed by atoms with van der Waals surface area (Å²) in [4.78, 5) is 11.9. The molecule has 26 heavy (non-hydrogen) atoms. The van der Waals surface area contributed by atoms with Crippen molar-refractivity contribution in [2.45, 2.75) is 12.4 Å². The molecule has 0 unspecified atom stereocenters. The molecule has 0 spiro atoms. The molecule has 3 nitrogen and oxygen atoms in total. The lowest BCUT2D eigenvalue weighted by Crippen LogP contribution is -2.21. The van der Waals surface area contributed by atoms with E-state index in [0.717, 1.165) is 0 Å². The zero-order valence-electron chi connectivity index (χ0n) is 12.4. The molecule has 0 aliphatic carbocycles. The second kappa shape index (κ2) is 7.24. The second-order valence-corrected chi connectivity index (χ2v) is 5.84. The van der Waals surface area contributed by atoms with Crippen molar-refractivity contribution in [3.8, 4) is 0 Å². The van der Waals surface area contributed by atoms with Crippen molar-refractivity contribution in [2.24, 2.45) is 0 Å². The predicted molar refractivity (Wildman–Crippen MR) is 85.5 cm³/mol. The lowest BCUT2D eigenvalue weighted by molar-refractivity contribution is -0.143. The first-order chi connectivity index (χ1) is 11.9. The van der Waals surface area contributed by atoms with Gasteiger partial charge in [-0.05, 0) is 36.4 Å². The number of hydrogen-bond acceptors (Lipinski definition) is 1. The first kappa shape index (κ1) is 20.2. The minimum atomic E-state index is -5.02. The Balaban J connectivity index is 2.28. The van der Waals surface area contributed by atoms with Crippen molar-refractivity contribution >= 4 is 40.6 Å². The molecule has 0 saturated carbocycles. The third-order valence-electron chi connectivity index (χ3n) is 3.02. The van der Waals surface area contributed by atoms with Crippen LogP contribution in [0.15, 0.2) is 36.4 Å². The Kier molecular flexibility index (Phi) is 5.62. The summed E-state index contributed by atoms with van der Waals surface area (Å²) in [5.41, 5.74) is -3.72. The van der Waals surface area contributed by atoms with Crippen molar-refractivity contribution in [1.82, 2.24) is 0 Å². The molecule has 2 rings (SSSR count). The topological polar surface area (TPSA) is 41.1 Å². The van der Waals surface area contributed by atoms with Gasteiger partial charge >= 0.3 is 18.4 Å². The van der Waals surface area contributed by atoms with Gasteiger partial charge < -0.3 is 10.6 Å². The lowest BCUT2D eigenvalue weighted by Gasteiger charge is -2.15. The van der Waals surface area contributed by atoms with E-state index in [1.165, 1.54) is 18.2 Å². The van der Waals surface area contributed by atoms with Gasteiger partial charge in [0.25, 0.3) is 0 Å². The standard InChI is InChI=1S/C15H8Cl2F6N2O/c16-9-1-2-12(11(17)6-9)25-13(26)24-10-4-7(14(18,19)20)3-8(5-10)15(21,22)23/h1-6H,(H2,24,25,26). The van der Waals surface area contributed by atoms with E-state index in [-0.39, 0.29) is 21.8 Å². The van der Waals surface area contributed by atoms with E-state index in [0.29, 0.717) is 12.1 Å². The number of anilines is 2. The normalized spacial score (nSPS) is 12.0. The number of hydrogen-bond donors (Lipinski definition) is 2. The van der Waals surface area contributed by atoms with Gasteiger partial charge in [-0.2, -0.15) is 26.3 Å². The van der Waals surface area contributed by atoms with Gasteiger partial charge in [-0.3, -0.25) is 0 Å². The number of carbonyl (C=O) groups excluding carboxylic acids is 1. The van der Waals surface area contributed by atoms with Crippen LogP contribution in [0.4, 0.5) is 42.5 Å². The van der Waals surface area contributed by atoms with E-state index >= 15 is 0 Å². The molecule has 0 radical (unpaired) electrons. The Hall–Kier alpha value is -2.13. The minimum Gasteiger partial charge on any atom is -0.308 e. The number of carbonyl (C=O) groups is 1. The minimum absolute atomic E-state index is 0.0349. The Morgan fingerprint density at radius 1 is 0.808 bits per heavy atom. The summed E-state index contributed by atoms with van der Waals surface area (Å²) in [6.45, 7) is 0. The quantitative estimate of drug-likeness (QED) is 0.527. The van der Waals surface area contributed by atoms with Gasteiger partial charge in [0.05, 0.1) is 21.8 Å². The molecule has 0 aliphatic heterocycles. The molecular weight excluding hydrogens is 409 g/mol. The average Bonchev–Trinajstić information content (AvgIpc) is 2.48. The molecule has 0 saturated heterocycles. The van der Waals surface area contributed by atoms with Crippen molar-refractivity contribution in [3.63, 3.8) is 0 Å². The van der Waals surface area contributed by atoms with Crippen molar-refractivity contribution in [3.05, 3.63) is 57.6 Å². The monoisotopic (exact) mass is 416 g/mol. The summed E-state index contributed by atoms with van der Waals surface area (Å²) in [7, 11) is 0. The van der Waals surface area contributed by atoms with Crippen molar-refractivity contribution in [1.29, 1.82) is 0 Å². The Labute approximate surface area is 152 Å². The molecule has 2 aromatic rings. The van der Waals surface area contributed by atoms with Crippen LogP contribution in [0.25, 0.3) is 0 Å². The number of benzene rings is 2. The van der Waals surface area contributed by atoms with Gasteiger partial charge in [-0.25, -0.2) is 4.79 Å². The van der Waals surface area contributed by atoms with Gasteiger partial charge in [0.1, 0.15) is 0 Å². The van der Waals surface area contributed by atoms with Crippen LogP contribution < -0.4 is 10.6 Å². The summed E-state index contributed by atoms with van der Waals surface area (Å²) < 4.78 is 76.7. The molecule has 0 fully saturated rings. The molecule has 140 valence electrons. The molecule has 0 heterocycles. The zero-order valence-corrected chi connectivity index (χ0v) is 13.9. The zero-order chi connectivity index (χ0) is 19.7. The van der Waals surface area contributed by atoms with E-state index in [1.807, 2.05) is 5.32 Å². The number of nitrogens with one attached hydrogen (secondary N) is 2. The molecule has 2 aromatic carbocycles. The van der Waals surface area contributed by atoms with Gasteiger partial charge in [0.2, 0.25) is 0 Å². The molecule has 2 N–H and O–H groups in total. The third kappa shape index (κ3) is 5.18. The van der Waals surface area contributed by atoms with E-state index in [2.05, 4.69) is 5.32 Å². The SMILES string of the molecule is O=C(Nc1cc(C(F)(F)F)cc(C(F)(F)F)c1)Nc1ccc(Cl)cc1Cl. The number of amides is 2. The highest BCUT2D eigenvalue weighted by atomic mass is 35.5. The maximum atomic E-state index is 12.8. The maximum Gasteiger partial charge on any atom is 0.416 e. The summed E-state index contributed by atoms with van der Waals surface area (Å²) in [5, 5.41) is 4.42. The number of rotatable bonds is 2. The van der Waals surface area contributed by atoms with Crippen LogP contribution in [0, 0.1) is 0 Å². The summed E-state index contributed by atoms with van der Waals surface area (Å²) in [6.07, 6.45) is -10.0. The smallest absolute Gasteiger partial charge is 0.308 e. The highest BCUT2D eigenvalue weighted by molar-refractivity contribution is 6.36. The lowest BCUT2D eigenvalue weighted by atomic mass is 10.1. The maximum absolute atomic E-state index is 12.8. The van der Waals surface area contributed by atoms with E-state index < -0.39 is 35.2 Å². The third-order valence-corrected chi connectivity index (χ3v) is 3.57. The van der Waals surface area contributed by atoms with Gasteiger partial charge in [0, 0.05) is 10.7 Å². The largest absolute Gasteiger partial charge is 0.416 e. The van der Waals surface area contributed by atoms with Crippen LogP contribution in [0.5, 0.6) is 0 Å². The Morgan fingerprint density at radius 2 is 1.35 bits per heavy atom. The van der Waals surface area contributed by atoms with E-state index in [4.69, 9.17) is 23.2 Å². The van der Waals surface area contributed by atoms with Crippen molar-refractivity contribution in [2.75, 3.05) is 10.6 Å². The van der Waals surface area contributed by atoms with Gasteiger partial charge in [-0.1, -0.05) is 23.2 Å². The fourth-order valence-corrected chi connectivity index (χ4v) is 2.36. The molecule has 0 aliphatic rings. The number of alkyl halides is 6. The number of urea groups is 1. The van der Waals surface area contributed by atoms with Gasteiger partial charge in [0.15, 0.2) is 0 Å². The van der Waals surface area contributed by atoms with Crippen LogP contribution in [-0.2, 0) is 12.4 Å². The highest BCUT2D eigenvalue weighted by Crippen LogP contribution is 2.37. The van der Waals surface area contributed by atoms with E-state index in [9.17, 15) is 31.1 Å². The van der Waals surface area contributed by atoms with Crippen molar-refractivity contribution < 1.29 is 31.1 Å². The van der Waals surface area contributed by atoms with Gasteiger partial charge in [-0.15, -0.1) is 0 Å². The number of halogens is 8. The first-order valence-electron chi connectivity index (χ1n) is 6.69. The fourth-order valence-electron chi connectivity index (χ4n) is 1.90. The highest BCUT2D eigenvalue weighted by Gasteiger charge is 2.37. The summed E-state index contributed by atoms with van der Waals surface area (Å²) in [6, 6.07) is 3.65. The summed E-state index contributed by atoms with van der Waals surface area (Å²) in [5.74, 6) is 0. The molecule has 2 amide bonds. The second-order valence-electron chi connectivity index (χ2n) is 5.00. The molecule has 11 heteroatoms. The molecule has 0 bridgehead atoms. The van der Waals surface area contributed by atoms with Crippen LogP contribution in [0.2, 0.25) is 10.0 Å².